The molecular formula is C22H35N3O. The van der Waals surface area contributed by atoms with Crippen LogP contribution < -0.4 is 5.32 Å². The molecule has 4 nitrogen and oxygen atoms in total. The number of benzene rings is 1. The average Bonchev–Trinajstić information content (AvgIpc) is 2.68. The second kappa shape index (κ2) is 10.1. The van der Waals surface area contributed by atoms with Gasteiger partial charge in [-0.15, -0.1) is 0 Å². The van der Waals surface area contributed by atoms with Gasteiger partial charge in [-0.05, 0) is 30.5 Å². The smallest absolute Gasteiger partial charge is 0.220 e. The van der Waals surface area contributed by atoms with Gasteiger partial charge in [0.15, 0.2) is 0 Å². The lowest BCUT2D eigenvalue weighted by atomic mass is 9.86. The third-order valence-corrected chi connectivity index (χ3v) is 6.02. The molecule has 1 saturated heterocycles. The molecule has 1 aliphatic heterocycles. The summed E-state index contributed by atoms with van der Waals surface area (Å²) >= 11 is 0. The highest BCUT2D eigenvalue weighted by Crippen LogP contribution is 2.27. The molecule has 144 valence electrons. The summed E-state index contributed by atoms with van der Waals surface area (Å²) in [5, 5.41) is 3.09. The van der Waals surface area contributed by atoms with Crippen LogP contribution in [0.1, 0.15) is 56.1 Å². The van der Waals surface area contributed by atoms with Crippen molar-refractivity contribution in [3.63, 3.8) is 0 Å². The number of piperazine rings is 1. The maximum absolute atomic E-state index is 12.1. The first-order chi connectivity index (χ1) is 12.7. The largest absolute Gasteiger partial charge is 0.352 e. The van der Waals surface area contributed by atoms with Gasteiger partial charge in [-0.1, -0.05) is 56.4 Å². The zero-order valence-electron chi connectivity index (χ0n) is 16.4. The van der Waals surface area contributed by atoms with Gasteiger partial charge in [-0.3, -0.25) is 9.69 Å². The lowest BCUT2D eigenvalue weighted by Crippen LogP contribution is -2.43. The number of hydrogen-bond donors (Lipinski definition) is 1. The number of nitrogens with one attached hydrogen (secondary N) is 1. The standard InChI is InChI=1S/C22H35N3O/c1-24-13-15-25(16-14-24)18-21-9-7-20(8-10-21)17-23-22(26)12-11-19-5-3-2-4-6-19/h7-10,19H,2-6,11-18H2,1H3,(H,23,26). The molecule has 2 fully saturated rings. The van der Waals surface area contributed by atoms with E-state index in [9.17, 15) is 4.79 Å². The minimum atomic E-state index is 0.206. The number of rotatable bonds is 7. The minimum absolute atomic E-state index is 0.206. The number of amides is 1. The summed E-state index contributed by atoms with van der Waals surface area (Å²) in [5.41, 5.74) is 2.56. The van der Waals surface area contributed by atoms with Crippen molar-refractivity contribution in [2.24, 2.45) is 5.92 Å². The van der Waals surface area contributed by atoms with Crippen LogP contribution in [-0.2, 0) is 17.9 Å². The van der Waals surface area contributed by atoms with Crippen LogP contribution in [0.25, 0.3) is 0 Å². The van der Waals surface area contributed by atoms with E-state index in [2.05, 4.69) is 46.4 Å². The Labute approximate surface area is 158 Å². The molecule has 0 aromatic heterocycles. The molecule has 26 heavy (non-hydrogen) atoms. The van der Waals surface area contributed by atoms with Crippen molar-refractivity contribution in [2.45, 2.75) is 58.0 Å². The average molecular weight is 358 g/mol. The van der Waals surface area contributed by atoms with Crippen LogP contribution >= 0.6 is 0 Å². The Balaban J connectivity index is 1.35. The molecule has 0 spiro atoms. The first-order valence-corrected chi connectivity index (χ1v) is 10.4. The molecule has 2 aliphatic rings. The van der Waals surface area contributed by atoms with Crippen LogP contribution in [0.15, 0.2) is 24.3 Å². The van der Waals surface area contributed by atoms with Crippen LogP contribution in [0.3, 0.4) is 0 Å². The summed E-state index contributed by atoms with van der Waals surface area (Å²) in [6.45, 7) is 6.29. The van der Waals surface area contributed by atoms with Crippen molar-refractivity contribution >= 4 is 5.91 Å². The number of carbonyl (C=O) groups is 1. The summed E-state index contributed by atoms with van der Waals surface area (Å²) in [7, 11) is 2.19. The fourth-order valence-corrected chi connectivity index (χ4v) is 4.13. The number of hydrogen-bond acceptors (Lipinski definition) is 3. The van der Waals surface area contributed by atoms with E-state index >= 15 is 0 Å². The van der Waals surface area contributed by atoms with Crippen molar-refractivity contribution in [1.29, 1.82) is 0 Å². The molecule has 1 N–H and O–H groups in total. The van der Waals surface area contributed by atoms with Gasteiger partial charge in [-0.2, -0.15) is 0 Å². The number of carbonyl (C=O) groups excluding carboxylic acids is 1. The third kappa shape index (κ3) is 6.40. The van der Waals surface area contributed by atoms with Crippen molar-refractivity contribution < 1.29 is 4.79 Å². The summed E-state index contributed by atoms with van der Waals surface area (Å²) in [4.78, 5) is 17.0. The molecule has 1 aliphatic carbocycles. The highest BCUT2D eigenvalue weighted by atomic mass is 16.1. The van der Waals surface area contributed by atoms with Gasteiger partial charge < -0.3 is 10.2 Å². The highest BCUT2D eigenvalue weighted by molar-refractivity contribution is 5.75. The second-order valence-corrected chi connectivity index (χ2v) is 8.22. The Kier molecular flexibility index (Phi) is 7.51. The van der Waals surface area contributed by atoms with Gasteiger partial charge in [0.05, 0.1) is 0 Å². The van der Waals surface area contributed by atoms with E-state index in [1.807, 2.05) is 0 Å². The minimum Gasteiger partial charge on any atom is -0.352 e. The Morgan fingerprint density at radius 1 is 1.00 bits per heavy atom. The molecule has 1 heterocycles. The van der Waals surface area contributed by atoms with Crippen molar-refractivity contribution in [2.75, 3.05) is 33.2 Å². The number of nitrogens with zero attached hydrogens (tertiary/aromatic N) is 2. The van der Waals surface area contributed by atoms with Crippen molar-refractivity contribution in [3.05, 3.63) is 35.4 Å². The highest BCUT2D eigenvalue weighted by Gasteiger charge is 2.15. The van der Waals surface area contributed by atoms with E-state index in [4.69, 9.17) is 0 Å². The molecule has 1 saturated carbocycles. The zero-order chi connectivity index (χ0) is 18.2. The van der Waals surface area contributed by atoms with Gasteiger partial charge in [0.1, 0.15) is 0 Å². The van der Waals surface area contributed by atoms with Gasteiger partial charge in [0.2, 0.25) is 5.91 Å². The van der Waals surface area contributed by atoms with E-state index in [0.717, 1.165) is 45.1 Å². The molecule has 1 aromatic rings. The van der Waals surface area contributed by atoms with Crippen molar-refractivity contribution in [1.82, 2.24) is 15.1 Å². The molecular weight excluding hydrogens is 322 g/mol. The zero-order valence-corrected chi connectivity index (χ0v) is 16.4. The fourth-order valence-electron chi connectivity index (χ4n) is 4.13. The summed E-state index contributed by atoms with van der Waals surface area (Å²) < 4.78 is 0. The third-order valence-electron chi connectivity index (χ3n) is 6.02. The topological polar surface area (TPSA) is 35.6 Å². The van der Waals surface area contributed by atoms with Crippen molar-refractivity contribution in [3.8, 4) is 0 Å². The Morgan fingerprint density at radius 2 is 1.65 bits per heavy atom. The van der Waals surface area contributed by atoms with E-state index < -0.39 is 0 Å². The van der Waals surface area contributed by atoms with Crippen LogP contribution in [-0.4, -0.2) is 48.9 Å². The monoisotopic (exact) mass is 357 g/mol. The molecule has 0 unspecified atom stereocenters. The lowest BCUT2D eigenvalue weighted by Gasteiger charge is -2.32. The van der Waals surface area contributed by atoms with Crippen LogP contribution in [0.2, 0.25) is 0 Å². The van der Waals surface area contributed by atoms with Gasteiger partial charge in [-0.25, -0.2) is 0 Å². The maximum Gasteiger partial charge on any atom is 0.220 e. The maximum atomic E-state index is 12.1. The normalized spacial score (nSPS) is 20.2. The second-order valence-electron chi connectivity index (χ2n) is 8.22. The Hall–Kier alpha value is -1.39. The summed E-state index contributed by atoms with van der Waals surface area (Å²) in [5.74, 6) is 0.987. The fraction of sp³-hybridized carbons (Fsp3) is 0.682. The van der Waals surface area contributed by atoms with Crippen LogP contribution in [0.5, 0.6) is 0 Å². The van der Waals surface area contributed by atoms with E-state index in [-0.39, 0.29) is 5.91 Å². The van der Waals surface area contributed by atoms with Gasteiger partial charge in [0, 0.05) is 45.7 Å². The van der Waals surface area contributed by atoms with Crippen LogP contribution in [0, 0.1) is 5.92 Å². The molecule has 0 atom stereocenters. The predicted molar refractivity (Wildman–Crippen MR) is 107 cm³/mol. The first kappa shape index (κ1) is 19.4. The van der Waals surface area contributed by atoms with Crippen LogP contribution in [0.4, 0.5) is 0 Å². The SMILES string of the molecule is CN1CCN(Cc2ccc(CNC(=O)CCC3CCCCC3)cc2)CC1. The Bertz CT molecular complexity index is 543. The predicted octanol–water partition coefficient (Wildman–Crippen LogP) is 3.41. The quantitative estimate of drug-likeness (QED) is 0.812. The van der Waals surface area contributed by atoms with E-state index in [0.29, 0.717) is 13.0 Å². The molecule has 0 bridgehead atoms. The molecule has 1 aromatic carbocycles. The molecule has 4 heteroatoms. The number of likely N-dealkylation sites (N-methyl/N-ethyl adjacent to an activating group) is 1. The van der Waals surface area contributed by atoms with E-state index in [1.54, 1.807) is 0 Å². The van der Waals surface area contributed by atoms with E-state index in [1.165, 1.54) is 43.2 Å². The lowest BCUT2D eigenvalue weighted by molar-refractivity contribution is -0.121. The molecule has 0 radical (unpaired) electrons. The Morgan fingerprint density at radius 3 is 2.35 bits per heavy atom. The van der Waals surface area contributed by atoms with Gasteiger partial charge >= 0.3 is 0 Å². The molecule has 1 amide bonds. The first-order valence-electron chi connectivity index (χ1n) is 10.4. The summed E-state index contributed by atoms with van der Waals surface area (Å²) in [6, 6.07) is 8.74. The summed E-state index contributed by atoms with van der Waals surface area (Å²) in [6.07, 6.45) is 8.49. The van der Waals surface area contributed by atoms with Gasteiger partial charge in [0.25, 0.3) is 0 Å². The molecule has 3 rings (SSSR count).